The van der Waals surface area contributed by atoms with E-state index in [9.17, 15) is 28.5 Å². The minimum absolute atomic E-state index is 0.0379. The average Bonchev–Trinajstić information content (AvgIpc) is 3.42. The van der Waals surface area contributed by atoms with Gasteiger partial charge in [0, 0.05) is 37.8 Å². The fourth-order valence-electron chi connectivity index (χ4n) is 6.46. The Morgan fingerprint density at radius 1 is 1.20 bits per heavy atom. The highest BCUT2D eigenvalue weighted by molar-refractivity contribution is 6.31. The Labute approximate surface area is 259 Å². The molecule has 5 rings (SSSR count). The summed E-state index contributed by atoms with van der Waals surface area (Å²) in [5.41, 5.74) is 1.16. The summed E-state index contributed by atoms with van der Waals surface area (Å²) in [4.78, 5) is 24.7. The molecule has 4 heterocycles. The fraction of sp³-hybridized carbons (Fsp3) is 0.484. The molecule has 1 amide bonds. The van der Waals surface area contributed by atoms with Crippen molar-refractivity contribution in [2.45, 2.75) is 50.5 Å². The van der Waals surface area contributed by atoms with E-state index < -0.39 is 17.8 Å². The van der Waals surface area contributed by atoms with Crippen LogP contribution in [-0.4, -0.2) is 79.2 Å². The molecule has 1 aromatic carbocycles. The van der Waals surface area contributed by atoms with Gasteiger partial charge in [-0.05, 0) is 51.1 Å². The van der Waals surface area contributed by atoms with Crippen molar-refractivity contribution in [2.75, 3.05) is 56.2 Å². The van der Waals surface area contributed by atoms with Crippen molar-refractivity contribution in [2.24, 2.45) is 0 Å². The topological polar surface area (TPSA) is 99.7 Å². The maximum absolute atomic E-state index is 14.1. The van der Waals surface area contributed by atoms with Gasteiger partial charge < -0.3 is 24.3 Å². The lowest BCUT2D eigenvalue weighted by Gasteiger charge is -2.43. The molecule has 2 unspecified atom stereocenters. The zero-order chi connectivity index (χ0) is 31.6. The van der Waals surface area contributed by atoms with Crippen LogP contribution in [0.3, 0.4) is 0 Å². The van der Waals surface area contributed by atoms with Crippen LogP contribution in [0.4, 0.5) is 24.5 Å². The number of hydrogen-bond acceptors (Lipinski definition) is 8. The molecule has 0 spiro atoms. The van der Waals surface area contributed by atoms with E-state index in [-0.39, 0.29) is 53.6 Å². The molecule has 2 saturated heterocycles. The number of piperazine rings is 1. The van der Waals surface area contributed by atoms with Crippen molar-refractivity contribution in [3.63, 3.8) is 0 Å². The van der Waals surface area contributed by atoms with Crippen molar-refractivity contribution in [3.05, 3.63) is 58.3 Å². The number of nitriles is 2. The van der Waals surface area contributed by atoms with E-state index in [1.54, 1.807) is 9.80 Å². The predicted octanol–water partition coefficient (Wildman–Crippen LogP) is 4.78. The first kappa shape index (κ1) is 31.4. The van der Waals surface area contributed by atoms with Crippen LogP contribution in [0, 0.1) is 22.7 Å². The standard InChI is InChI=1S/C31H33ClF3N7O2/c1-3-27(43)42-15-14-41(17-20(42)9-11-36)29-22-10-13-40(26-8-4-7-24(32)28(26)31(33,34)35)18-25(22)38-30(23(29)16-37)44-19-21-6-5-12-39(21)2/h3-4,7-8,20-21H,1,5-6,9-10,12-15,17-19H2,2H3. The first-order valence-corrected chi connectivity index (χ1v) is 14.9. The normalized spacial score (nSPS) is 20.6. The van der Waals surface area contributed by atoms with Crippen molar-refractivity contribution >= 4 is 28.9 Å². The zero-order valence-corrected chi connectivity index (χ0v) is 25.2. The molecule has 2 fully saturated rings. The van der Waals surface area contributed by atoms with E-state index >= 15 is 0 Å². The lowest BCUT2D eigenvalue weighted by molar-refractivity contribution is -0.137. The van der Waals surface area contributed by atoms with Gasteiger partial charge in [0.05, 0.1) is 52.7 Å². The summed E-state index contributed by atoms with van der Waals surface area (Å²) in [5.74, 6) is -0.142. The molecule has 0 saturated carbocycles. The number of carbonyl (C=O) groups is 1. The lowest BCUT2D eigenvalue weighted by atomic mass is 9.96. The maximum atomic E-state index is 14.1. The highest BCUT2D eigenvalue weighted by Crippen LogP contribution is 2.44. The number of nitrogens with zero attached hydrogens (tertiary/aromatic N) is 7. The van der Waals surface area contributed by atoms with Crippen LogP contribution in [0.2, 0.25) is 5.02 Å². The van der Waals surface area contributed by atoms with Gasteiger partial charge in [-0.1, -0.05) is 24.2 Å². The zero-order valence-electron chi connectivity index (χ0n) is 24.4. The van der Waals surface area contributed by atoms with Crippen molar-refractivity contribution in [1.29, 1.82) is 10.5 Å². The number of rotatable bonds is 7. The summed E-state index contributed by atoms with van der Waals surface area (Å²) >= 11 is 6.04. The number of anilines is 2. The third-order valence-electron chi connectivity index (χ3n) is 8.69. The number of alkyl halides is 3. The Morgan fingerprint density at radius 2 is 2.00 bits per heavy atom. The fourth-order valence-corrected chi connectivity index (χ4v) is 6.74. The third kappa shape index (κ3) is 6.15. The SMILES string of the molecule is C=CC(=O)N1CCN(c2c(C#N)c(OCC3CCCN3C)nc3c2CCN(c2cccc(Cl)c2C(F)(F)F)C3)CC1CC#N. The molecular formula is C31H33ClF3N7O2. The molecule has 232 valence electrons. The Morgan fingerprint density at radius 3 is 2.66 bits per heavy atom. The number of halogens is 4. The first-order chi connectivity index (χ1) is 21.1. The van der Waals surface area contributed by atoms with E-state index in [4.69, 9.17) is 21.3 Å². The second-order valence-corrected chi connectivity index (χ2v) is 11.7. The number of fused-ring (bicyclic) bond motifs is 1. The van der Waals surface area contributed by atoms with Crippen LogP contribution in [0.1, 0.15) is 41.6 Å². The Bertz CT molecular complexity index is 1520. The van der Waals surface area contributed by atoms with Gasteiger partial charge in [-0.2, -0.15) is 23.7 Å². The Balaban J connectivity index is 1.57. The highest BCUT2D eigenvalue weighted by Gasteiger charge is 2.39. The molecule has 0 bridgehead atoms. The minimum Gasteiger partial charge on any atom is -0.475 e. The maximum Gasteiger partial charge on any atom is 0.419 e. The molecule has 0 N–H and O–H groups in total. The number of hydrogen-bond donors (Lipinski definition) is 0. The second kappa shape index (κ2) is 12.9. The summed E-state index contributed by atoms with van der Waals surface area (Å²) in [5, 5.41) is 19.5. The Kier molecular flexibility index (Phi) is 9.23. The molecule has 1 aromatic heterocycles. The van der Waals surface area contributed by atoms with Gasteiger partial charge in [-0.3, -0.25) is 4.79 Å². The monoisotopic (exact) mass is 627 g/mol. The number of benzene rings is 1. The number of likely N-dealkylation sites (tertiary alicyclic amines) is 1. The number of likely N-dealkylation sites (N-methyl/N-ethyl adjacent to an activating group) is 1. The summed E-state index contributed by atoms with van der Waals surface area (Å²) < 4.78 is 48.4. The third-order valence-corrected chi connectivity index (χ3v) is 9.00. The van der Waals surface area contributed by atoms with Crippen molar-refractivity contribution in [1.82, 2.24) is 14.8 Å². The van der Waals surface area contributed by atoms with Gasteiger partial charge in [0.1, 0.15) is 18.2 Å². The Hall–Kier alpha value is -4.00. The van der Waals surface area contributed by atoms with Crippen molar-refractivity contribution < 1.29 is 22.7 Å². The molecule has 0 aliphatic carbocycles. The minimum atomic E-state index is -4.66. The molecule has 9 nitrogen and oxygen atoms in total. The van der Waals surface area contributed by atoms with Gasteiger partial charge in [-0.25, -0.2) is 4.98 Å². The van der Waals surface area contributed by atoms with E-state index in [0.29, 0.717) is 44.0 Å². The molecule has 3 aliphatic rings. The van der Waals surface area contributed by atoms with Crippen LogP contribution in [0.25, 0.3) is 0 Å². The largest absolute Gasteiger partial charge is 0.475 e. The molecule has 3 aliphatic heterocycles. The number of carbonyl (C=O) groups excluding carboxylic acids is 1. The van der Waals surface area contributed by atoms with Crippen molar-refractivity contribution in [3.8, 4) is 18.0 Å². The van der Waals surface area contributed by atoms with Crippen LogP contribution >= 0.6 is 11.6 Å². The molecule has 13 heteroatoms. The summed E-state index contributed by atoms with van der Waals surface area (Å²) in [6, 6.07) is 8.26. The van der Waals surface area contributed by atoms with Gasteiger partial charge >= 0.3 is 6.18 Å². The van der Waals surface area contributed by atoms with Gasteiger partial charge in [0.15, 0.2) is 0 Å². The van der Waals surface area contributed by atoms with Crippen LogP contribution in [-0.2, 0) is 23.9 Å². The summed E-state index contributed by atoms with van der Waals surface area (Å²) in [6.45, 7) is 6.10. The van der Waals surface area contributed by atoms with Crippen LogP contribution in [0.15, 0.2) is 30.9 Å². The van der Waals surface area contributed by atoms with Crippen LogP contribution < -0.4 is 14.5 Å². The molecule has 44 heavy (non-hydrogen) atoms. The number of pyridine rings is 1. The number of aromatic nitrogens is 1. The molecule has 2 aromatic rings. The number of amides is 1. The van der Waals surface area contributed by atoms with E-state index in [2.05, 4.69) is 23.6 Å². The highest BCUT2D eigenvalue weighted by atomic mass is 35.5. The van der Waals surface area contributed by atoms with Gasteiger partial charge in [0.25, 0.3) is 0 Å². The molecular weight excluding hydrogens is 595 g/mol. The van der Waals surface area contributed by atoms with Gasteiger partial charge in [0.2, 0.25) is 11.8 Å². The molecule has 2 atom stereocenters. The van der Waals surface area contributed by atoms with E-state index in [1.807, 2.05) is 11.9 Å². The smallest absolute Gasteiger partial charge is 0.419 e. The van der Waals surface area contributed by atoms with Crippen LogP contribution in [0.5, 0.6) is 5.88 Å². The van der Waals surface area contributed by atoms with Gasteiger partial charge in [-0.15, -0.1) is 0 Å². The summed E-state index contributed by atoms with van der Waals surface area (Å²) in [7, 11) is 2.01. The van der Waals surface area contributed by atoms with E-state index in [0.717, 1.165) is 24.9 Å². The average molecular weight is 628 g/mol. The molecule has 0 radical (unpaired) electrons. The summed E-state index contributed by atoms with van der Waals surface area (Å²) in [6.07, 6.45) is -1.06. The first-order valence-electron chi connectivity index (χ1n) is 14.5. The lowest BCUT2D eigenvalue weighted by Crippen LogP contribution is -2.55. The second-order valence-electron chi connectivity index (χ2n) is 11.3. The predicted molar refractivity (Wildman–Crippen MR) is 159 cm³/mol. The quantitative estimate of drug-likeness (QED) is 0.405. The van der Waals surface area contributed by atoms with E-state index in [1.165, 1.54) is 24.3 Å². The number of ether oxygens (including phenoxy) is 1.